The molecule has 0 N–H and O–H groups in total. The molecule has 0 saturated carbocycles. The average Bonchev–Trinajstić information content (AvgIpc) is 3.01. The fraction of sp³-hybridized carbons (Fsp3) is 0.528. The van der Waals surface area contributed by atoms with Gasteiger partial charge in [-0.3, -0.25) is 14.4 Å². The molecular formula is C36H50N2O5. The summed E-state index contributed by atoms with van der Waals surface area (Å²) in [6.07, 6.45) is 13.2. The lowest BCUT2D eigenvalue weighted by atomic mass is 10.1. The van der Waals surface area contributed by atoms with E-state index in [9.17, 15) is 14.4 Å². The number of rotatable bonds is 20. The Morgan fingerprint density at radius 1 is 0.814 bits per heavy atom. The van der Waals surface area contributed by atoms with Crippen molar-refractivity contribution < 1.29 is 18.7 Å². The maximum atomic E-state index is 13.8. The summed E-state index contributed by atoms with van der Waals surface area (Å²) in [4.78, 5) is 43.8. The molecule has 7 heteroatoms. The Kier molecular flexibility index (Phi) is 15.0. The number of unbranched alkanes of at least 4 members (excludes halogenated alkanes) is 8. The molecule has 0 bridgehead atoms. The van der Waals surface area contributed by atoms with Crippen molar-refractivity contribution in [2.24, 2.45) is 0 Å². The Morgan fingerprint density at radius 2 is 1.51 bits per heavy atom. The molecule has 234 valence electrons. The minimum Gasteiger partial charge on any atom is -0.464 e. The molecule has 3 aromatic rings. The lowest BCUT2D eigenvalue weighted by molar-refractivity contribution is -0.141. The number of hydrogen-bond donors (Lipinski definition) is 0. The van der Waals surface area contributed by atoms with Crippen molar-refractivity contribution in [3.8, 4) is 0 Å². The molecule has 1 aromatic heterocycles. The number of carbonyl (C=O) groups excluding carboxylic acids is 2. The predicted octanol–water partition coefficient (Wildman–Crippen LogP) is 7.42. The zero-order chi connectivity index (χ0) is 30.9. The zero-order valence-electron chi connectivity index (χ0n) is 26.4. The molecule has 0 radical (unpaired) electrons. The summed E-state index contributed by atoms with van der Waals surface area (Å²) in [5.41, 5.74) is 2.70. The number of hydrogen-bond acceptors (Lipinski definition) is 5. The molecule has 2 aromatic carbocycles. The second-order valence-corrected chi connectivity index (χ2v) is 11.6. The SMILES string of the molecule is CCCCCCCCCCCC(=O)N(CCCOC)CC(=O)N(Cc1ccccc1)Cc1coc2ccc(C)cc2c1=O. The van der Waals surface area contributed by atoms with E-state index in [1.165, 1.54) is 44.8 Å². The van der Waals surface area contributed by atoms with Crippen LogP contribution in [0.25, 0.3) is 11.0 Å². The Bertz CT molecular complexity index is 1320. The summed E-state index contributed by atoms with van der Waals surface area (Å²) >= 11 is 0. The Balaban J connectivity index is 1.68. The van der Waals surface area contributed by atoms with Crippen molar-refractivity contribution in [3.05, 3.63) is 81.7 Å². The molecule has 43 heavy (non-hydrogen) atoms. The van der Waals surface area contributed by atoms with Crippen molar-refractivity contribution in [2.45, 2.75) is 97.6 Å². The van der Waals surface area contributed by atoms with E-state index in [1.807, 2.05) is 49.4 Å². The Hall–Kier alpha value is -3.45. The van der Waals surface area contributed by atoms with E-state index in [-0.39, 0.29) is 30.3 Å². The van der Waals surface area contributed by atoms with Crippen molar-refractivity contribution in [1.82, 2.24) is 9.80 Å². The van der Waals surface area contributed by atoms with Crippen LogP contribution in [0.15, 0.2) is 64.0 Å². The number of aryl methyl sites for hydroxylation is 1. The highest BCUT2D eigenvalue weighted by molar-refractivity contribution is 5.85. The fourth-order valence-electron chi connectivity index (χ4n) is 5.34. The highest BCUT2D eigenvalue weighted by Gasteiger charge is 2.23. The van der Waals surface area contributed by atoms with Crippen LogP contribution in [-0.4, -0.2) is 48.4 Å². The minimum absolute atomic E-state index is 0.00671. The van der Waals surface area contributed by atoms with Gasteiger partial charge in [-0.15, -0.1) is 0 Å². The monoisotopic (exact) mass is 590 g/mol. The van der Waals surface area contributed by atoms with Crippen LogP contribution >= 0.6 is 0 Å². The number of carbonyl (C=O) groups is 2. The third-order valence-corrected chi connectivity index (χ3v) is 7.88. The van der Waals surface area contributed by atoms with Crippen LogP contribution in [-0.2, 0) is 27.4 Å². The van der Waals surface area contributed by atoms with Gasteiger partial charge in [-0.1, -0.05) is 100 Å². The van der Waals surface area contributed by atoms with Crippen LogP contribution in [0.1, 0.15) is 94.2 Å². The first-order valence-electron chi connectivity index (χ1n) is 16.0. The Labute approximate surface area is 257 Å². The number of fused-ring (bicyclic) bond motifs is 1. The van der Waals surface area contributed by atoms with Gasteiger partial charge in [0.05, 0.1) is 30.3 Å². The highest BCUT2D eigenvalue weighted by Crippen LogP contribution is 2.17. The van der Waals surface area contributed by atoms with E-state index in [4.69, 9.17) is 9.15 Å². The molecule has 0 aliphatic rings. The minimum atomic E-state index is -0.203. The average molecular weight is 591 g/mol. The maximum absolute atomic E-state index is 13.8. The summed E-state index contributed by atoms with van der Waals surface area (Å²) in [5, 5.41) is 0.502. The van der Waals surface area contributed by atoms with Gasteiger partial charge in [0.25, 0.3) is 0 Å². The lowest BCUT2D eigenvalue weighted by Crippen LogP contribution is -2.43. The van der Waals surface area contributed by atoms with E-state index in [0.29, 0.717) is 49.1 Å². The van der Waals surface area contributed by atoms with Gasteiger partial charge in [0.2, 0.25) is 11.8 Å². The van der Waals surface area contributed by atoms with Crippen LogP contribution in [0.4, 0.5) is 0 Å². The largest absolute Gasteiger partial charge is 0.464 e. The van der Waals surface area contributed by atoms with Crippen molar-refractivity contribution in [3.63, 3.8) is 0 Å². The van der Waals surface area contributed by atoms with Gasteiger partial charge in [0, 0.05) is 33.2 Å². The van der Waals surface area contributed by atoms with Crippen LogP contribution in [0.2, 0.25) is 0 Å². The molecular weight excluding hydrogens is 540 g/mol. The van der Waals surface area contributed by atoms with E-state index in [0.717, 1.165) is 30.4 Å². The molecule has 7 nitrogen and oxygen atoms in total. The number of amides is 2. The van der Waals surface area contributed by atoms with Gasteiger partial charge >= 0.3 is 0 Å². The van der Waals surface area contributed by atoms with Crippen molar-refractivity contribution in [2.75, 3.05) is 26.8 Å². The van der Waals surface area contributed by atoms with Gasteiger partial charge < -0.3 is 19.0 Å². The second kappa shape index (κ2) is 19.0. The van der Waals surface area contributed by atoms with Gasteiger partial charge in [-0.2, -0.15) is 0 Å². The molecule has 3 rings (SSSR count). The topological polar surface area (TPSA) is 80.1 Å². The quantitative estimate of drug-likeness (QED) is 0.128. The van der Waals surface area contributed by atoms with E-state index in [2.05, 4.69) is 6.92 Å². The second-order valence-electron chi connectivity index (χ2n) is 11.6. The first-order chi connectivity index (χ1) is 20.9. The third-order valence-electron chi connectivity index (χ3n) is 7.88. The highest BCUT2D eigenvalue weighted by atomic mass is 16.5. The molecule has 2 amide bonds. The number of ether oxygens (including phenoxy) is 1. The number of benzene rings is 2. The van der Waals surface area contributed by atoms with E-state index >= 15 is 0 Å². The lowest BCUT2D eigenvalue weighted by Gasteiger charge is -2.28. The van der Waals surface area contributed by atoms with Gasteiger partial charge in [0.1, 0.15) is 5.58 Å². The fourth-order valence-corrected chi connectivity index (χ4v) is 5.34. The zero-order valence-corrected chi connectivity index (χ0v) is 26.4. The molecule has 0 fully saturated rings. The van der Waals surface area contributed by atoms with E-state index < -0.39 is 0 Å². The number of nitrogens with zero attached hydrogens (tertiary/aromatic N) is 2. The summed E-state index contributed by atoms with van der Waals surface area (Å²) in [6, 6.07) is 15.2. The standard InChI is InChI=1S/C36H50N2O5/c1-4-5-6-7-8-9-10-11-15-19-34(39)37(22-16-23-42-3)27-35(40)38(25-30-17-13-12-14-18-30)26-31-28-43-33-21-20-29(2)24-32(33)36(31)41/h12-14,17-18,20-21,24,28H,4-11,15-16,19,22-23,25-27H2,1-3H3. The smallest absolute Gasteiger partial charge is 0.242 e. The molecule has 1 heterocycles. The summed E-state index contributed by atoms with van der Waals surface area (Å²) < 4.78 is 11.0. The molecule has 0 spiro atoms. The normalized spacial score (nSPS) is 11.1. The maximum Gasteiger partial charge on any atom is 0.242 e. The van der Waals surface area contributed by atoms with Crippen molar-refractivity contribution in [1.29, 1.82) is 0 Å². The summed E-state index contributed by atoms with van der Waals surface area (Å²) in [6.45, 7) is 5.51. The van der Waals surface area contributed by atoms with Gasteiger partial charge in [-0.25, -0.2) is 0 Å². The predicted molar refractivity (Wildman–Crippen MR) is 173 cm³/mol. The summed E-state index contributed by atoms with van der Waals surface area (Å²) in [5.74, 6) is -0.210. The van der Waals surface area contributed by atoms with Crippen molar-refractivity contribution >= 4 is 22.8 Å². The third kappa shape index (κ3) is 11.6. The van der Waals surface area contributed by atoms with E-state index in [1.54, 1.807) is 23.0 Å². The molecule has 0 saturated heterocycles. The van der Waals surface area contributed by atoms with Crippen LogP contribution in [0, 0.1) is 6.92 Å². The molecule has 0 atom stereocenters. The van der Waals surface area contributed by atoms with Gasteiger partial charge in [0.15, 0.2) is 5.43 Å². The van der Waals surface area contributed by atoms with Crippen LogP contribution in [0.3, 0.4) is 0 Å². The first kappa shape index (κ1) is 34.0. The summed E-state index contributed by atoms with van der Waals surface area (Å²) in [7, 11) is 1.64. The molecule has 0 aliphatic heterocycles. The Morgan fingerprint density at radius 3 is 2.21 bits per heavy atom. The number of methoxy groups -OCH3 is 1. The molecule has 0 aliphatic carbocycles. The van der Waals surface area contributed by atoms with Crippen LogP contribution in [0.5, 0.6) is 0 Å². The first-order valence-corrected chi connectivity index (χ1v) is 16.0. The van der Waals surface area contributed by atoms with Gasteiger partial charge in [-0.05, 0) is 37.5 Å². The van der Waals surface area contributed by atoms with Crippen LogP contribution < -0.4 is 5.43 Å². The molecule has 0 unspecified atom stereocenters.